The number of aromatic nitrogens is 2. The van der Waals surface area contributed by atoms with Gasteiger partial charge in [-0.3, -0.25) is 9.48 Å². The van der Waals surface area contributed by atoms with Crippen molar-refractivity contribution in [2.24, 2.45) is 5.92 Å². The first kappa shape index (κ1) is 14.7. The van der Waals surface area contributed by atoms with Crippen molar-refractivity contribution in [3.63, 3.8) is 0 Å². The molecule has 0 aliphatic carbocycles. The Hall–Kier alpha value is -1.36. The van der Waals surface area contributed by atoms with Crippen molar-refractivity contribution in [3.05, 3.63) is 17.5 Å². The Bertz CT molecular complexity index is 395. The zero-order chi connectivity index (χ0) is 13.7. The minimum Gasteiger partial charge on any atom is -0.394 e. The van der Waals surface area contributed by atoms with Crippen molar-refractivity contribution in [1.82, 2.24) is 15.1 Å². The lowest BCUT2D eigenvalue weighted by molar-refractivity contribution is 0.0914. The van der Waals surface area contributed by atoms with Crippen molar-refractivity contribution >= 4 is 5.91 Å². The molecule has 1 rings (SSSR count). The van der Waals surface area contributed by atoms with E-state index in [4.69, 9.17) is 5.11 Å². The van der Waals surface area contributed by atoms with Gasteiger partial charge in [0, 0.05) is 12.2 Å². The van der Waals surface area contributed by atoms with Gasteiger partial charge in [0.25, 0.3) is 5.91 Å². The van der Waals surface area contributed by atoms with Gasteiger partial charge in [0.2, 0.25) is 0 Å². The molecule has 1 unspecified atom stereocenters. The number of aliphatic hydroxyl groups excluding tert-OH is 1. The van der Waals surface area contributed by atoms with Crippen molar-refractivity contribution in [2.45, 2.75) is 46.7 Å². The Morgan fingerprint density at radius 1 is 1.56 bits per heavy atom. The van der Waals surface area contributed by atoms with E-state index in [9.17, 15) is 4.79 Å². The van der Waals surface area contributed by atoms with Crippen LogP contribution in [-0.2, 0) is 6.54 Å². The van der Waals surface area contributed by atoms with Gasteiger partial charge in [0.1, 0.15) is 0 Å². The summed E-state index contributed by atoms with van der Waals surface area (Å²) >= 11 is 0. The van der Waals surface area contributed by atoms with Gasteiger partial charge in [-0.05, 0) is 19.3 Å². The molecular weight excluding hydrogens is 230 g/mol. The normalized spacial score (nSPS) is 12.8. The van der Waals surface area contributed by atoms with Crippen LogP contribution in [-0.4, -0.2) is 33.4 Å². The Morgan fingerprint density at radius 3 is 2.72 bits per heavy atom. The second-order valence-corrected chi connectivity index (χ2v) is 4.98. The van der Waals surface area contributed by atoms with Crippen LogP contribution in [0.3, 0.4) is 0 Å². The first-order chi connectivity index (χ1) is 8.49. The fourth-order valence-corrected chi connectivity index (χ4v) is 1.74. The van der Waals surface area contributed by atoms with E-state index in [2.05, 4.69) is 24.3 Å². The highest BCUT2D eigenvalue weighted by Crippen LogP contribution is 2.10. The molecule has 1 heterocycles. The van der Waals surface area contributed by atoms with Gasteiger partial charge < -0.3 is 10.4 Å². The molecule has 0 saturated carbocycles. The number of aliphatic hydroxyl groups is 1. The molecule has 0 spiro atoms. The van der Waals surface area contributed by atoms with Crippen LogP contribution in [0.2, 0.25) is 0 Å². The number of hydrogen-bond acceptors (Lipinski definition) is 3. The Kier molecular flexibility index (Phi) is 5.34. The minimum atomic E-state index is -0.189. The maximum atomic E-state index is 12.0. The summed E-state index contributed by atoms with van der Waals surface area (Å²) in [6.45, 7) is 8.80. The van der Waals surface area contributed by atoms with E-state index in [0.29, 0.717) is 17.9 Å². The molecule has 0 bridgehead atoms. The van der Waals surface area contributed by atoms with Gasteiger partial charge in [0.05, 0.1) is 24.4 Å². The SMILES string of the molecule is CCC(CO)NC(=O)c1cnn(CC(C)C)c1C. The second kappa shape index (κ2) is 6.54. The van der Waals surface area contributed by atoms with Gasteiger partial charge >= 0.3 is 0 Å². The zero-order valence-corrected chi connectivity index (χ0v) is 11.6. The molecule has 5 nitrogen and oxygen atoms in total. The Balaban J connectivity index is 2.77. The Morgan fingerprint density at radius 2 is 2.22 bits per heavy atom. The van der Waals surface area contributed by atoms with Crippen molar-refractivity contribution < 1.29 is 9.90 Å². The fourth-order valence-electron chi connectivity index (χ4n) is 1.74. The number of nitrogens with one attached hydrogen (secondary N) is 1. The molecule has 2 N–H and O–H groups in total. The molecule has 0 fully saturated rings. The number of hydrogen-bond donors (Lipinski definition) is 2. The highest BCUT2D eigenvalue weighted by Gasteiger charge is 2.17. The molecule has 1 atom stereocenters. The number of rotatable bonds is 6. The number of nitrogens with zero attached hydrogens (tertiary/aromatic N) is 2. The number of carbonyl (C=O) groups excluding carboxylic acids is 1. The van der Waals surface area contributed by atoms with Crippen LogP contribution in [0, 0.1) is 12.8 Å². The van der Waals surface area contributed by atoms with E-state index in [1.165, 1.54) is 0 Å². The molecule has 0 aliphatic rings. The number of carbonyl (C=O) groups is 1. The van der Waals surface area contributed by atoms with Gasteiger partial charge in [0.15, 0.2) is 0 Å². The molecule has 1 aromatic heterocycles. The van der Waals surface area contributed by atoms with E-state index in [0.717, 1.165) is 12.2 Å². The van der Waals surface area contributed by atoms with E-state index in [1.54, 1.807) is 6.20 Å². The summed E-state index contributed by atoms with van der Waals surface area (Å²) in [7, 11) is 0. The van der Waals surface area contributed by atoms with Crippen LogP contribution in [0.5, 0.6) is 0 Å². The van der Waals surface area contributed by atoms with E-state index in [1.807, 2.05) is 18.5 Å². The largest absolute Gasteiger partial charge is 0.394 e. The molecule has 5 heteroatoms. The van der Waals surface area contributed by atoms with Gasteiger partial charge in [-0.25, -0.2) is 0 Å². The van der Waals surface area contributed by atoms with Crippen LogP contribution in [0.25, 0.3) is 0 Å². The quantitative estimate of drug-likeness (QED) is 0.804. The van der Waals surface area contributed by atoms with Gasteiger partial charge in [-0.15, -0.1) is 0 Å². The summed E-state index contributed by atoms with van der Waals surface area (Å²) < 4.78 is 1.85. The second-order valence-electron chi connectivity index (χ2n) is 4.98. The summed E-state index contributed by atoms with van der Waals surface area (Å²) in [5.41, 5.74) is 1.46. The molecule has 18 heavy (non-hydrogen) atoms. The highest BCUT2D eigenvalue weighted by atomic mass is 16.3. The third-order valence-electron chi connectivity index (χ3n) is 2.93. The number of amides is 1. The molecule has 1 aromatic rings. The Labute approximate surface area is 108 Å². The standard InChI is InChI=1S/C13H23N3O2/c1-5-11(8-17)15-13(18)12-6-14-16(10(12)4)7-9(2)3/h6,9,11,17H,5,7-8H2,1-4H3,(H,15,18). The lowest BCUT2D eigenvalue weighted by Crippen LogP contribution is -2.37. The van der Waals surface area contributed by atoms with E-state index >= 15 is 0 Å². The van der Waals surface area contributed by atoms with Crippen LogP contribution in [0.4, 0.5) is 0 Å². The predicted molar refractivity (Wildman–Crippen MR) is 70.4 cm³/mol. The smallest absolute Gasteiger partial charge is 0.255 e. The maximum Gasteiger partial charge on any atom is 0.255 e. The lowest BCUT2D eigenvalue weighted by Gasteiger charge is -2.14. The molecular formula is C13H23N3O2. The third-order valence-corrected chi connectivity index (χ3v) is 2.93. The van der Waals surface area contributed by atoms with Gasteiger partial charge in [-0.2, -0.15) is 5.10 Å². The molecule has 0 saturated heterocycles. The van der Waals surface area contributed by atoms with Crippen molar-refractivity contribution in [2.75, 3.05) is 6.61 Å². The first-order valence-electron chi connectivity index (χ1n) is 6.43. The topological polar surface area (TPSA) is 67.2 Å². The highest BCUT2D eigenvalue weighted by molar-refractivity contribution is 5.95. The molecule has 0 radical (unpaired) electrons. The van der Waals surface area contributed by atoms with Crippen molar-refractivity contribution in [3.8, 4) is 0 Å². The molecule has 1 amide bonds. The van der Waals surface area contributed by atoms with Crippen LogP contribution < -0.4 is 5.32 Å². The molecule has 0 aromatic carbocycles. The zero-order valence-electron chi connectivity index (χ0n) is 11.6. The molecule has 102 valence electrons. The van der Waals surface area contributed by atoms with Crippen LogP contribution in [0.1, 0.15) is 43.2 Å². The summed E-state index contributed by atoms with van der Waals surface area (Å²) in [5, 5.41) is 16.1. The van der Waals surface area contributed by atoms with Crippen molar-refractivity contribution in [1.29, 1.82) is 0 Å². The summed E-state index contributed by atoms with van der Waals surface area (Å²) in [5.74, 6) is 0.323. The molecule has 0 aliphatic heterocycles. The van der Waals surface area contributed by atoms with Crippen LogP contribution in [0.15, 0.2) is 6.20 Å². The first-order valence-corrected chi connectivity index (χ1v) is 6.43. The average molecular weight is 253 g/mol. The lowest BCUT2D eigenvalue weighted by atomic mass is 10.2. The van der Waals surface area contributed by atoms with E-state index < -0.39 is 0 Å². The predicted octanol–water partition coefficient (Wildman–Crippen LogP) is 1.35. The van der Waals surface area contributed by atoms with E-state index in [-0.39, 0.29) is 18.6 Å². The van der Waals surface area contributed by atoms with Gasteiger partial charge in [-0.1, -0.05) is 20.8 Å². The maximum absolute atomic E-state index is 12.0. The fraction of sp³-hybridized carbons (Fsp3) is 0.692. The third kappa shape index (κ3) is 3.57. The monoisotopic (exact) mass is 253 g/mol. The average Bonchev–Trinajstić information content (AvgIpc) is 2.67. The summed E-state index contributed by atoms with van der Waals surface area (Å²) in [6, 6.07) is -0.189. The summed E-state index contributed by atoms with van der Waals surface area (Å²) in [6.07, 6.45) is 2.30. The minimum absolute atomic E-state index is 0.0403. The van der Waals surface area contributed by atoms with Crippen LogP contribution >= 0.6 is 0 Å². The summed E-state index contributed by atoms with van der Waals surface area (Å²) in [4.78, 5) is 12.0.